The molecule has 2 aromatic heterocycles. The second-order valence-corrected chi connectivity index (χ2v) is 15.6. The molecule has 49 heavy (non-hydrogen) atoms. The molecule has 3 heterocycles. The van der Waals surface area contributed by atoms with Gasteiger partial charge in [0.05, 0.1) is 11.1 Å². The SMILES string of the molecule is O=C(N[C@H]1[C@@H]2CN(c3nc4c(cc3F)c(=O)c(C(=O)O)cn4-c3ccc(F)cc3F)C[C@@H]21)Oc1ccc(CC(P(=O)(O)O)P(=O)(O)O)cc1. The van der Waals surface area contributed by atoms with E-state index in [9.17, 15) is 57.0 Å². The molecule has 2 aromatic carbocycles. The highest BCUT2D eigenvalue weighted by molar-refractivity contribution is 7.70. The van der Waals surface area contributed by atoms with Crippen molar-refractivity contribution in [3.8, 4) is 11.4 Å². The first-order valence-corrected chi connectivity index (χ1v) is 17.7. The molecule has 6 N–H and O–H groups in total. The van der Waals surface area contributed by atoms with E-state index in [1.54, 1.807) is 4.90 Å². The minimum atomic E-state index is -5.12. The fourth-order valence-electron chi connectivity index (χ4n) is 5.97. The maximum Gasteiger partial charge on any atom is 0.412 e. The van der Waals surface area contributed by atoms with Gasteiger partial charge in [0.25, 0.3) is 0 Å². The molecule has 0 unspecified atom stereocenters. The Morgan fingerprint density at radius 1 is 0.959 bits per heavy atom. The van der Waals surface area contributed by atoms with Gasteiger partial charge >= 0.3 is 27.3 Å². The number of hydrogen-bond donors (Lipinski definition) is 6. The Balaban J connectivity index is 1.14. The summed E-state index contributed by atoms with van der Waals surface area (Å²) in [6.45, 7) is 0.421. The number of benzene rings is 2. The summed E-state index contributed by atoms with van der Waals surface area (Å²) >= 11 is 0. The van der Waals surface area contributed by atoms with Crippen molar-refractivity contribution >= 4 is 44.1 Å². The normalized spacial score (nSPS) is 18.9. The molecule has 1 aliphatic heterocycles. The van der Waals surface area contributed by atoms with E-state index in [1.807, 2.05) is 0 Å². The molecule has 4 aromatic rings. The molecule has 6 rings (SSSR count). The largest absolute Gasteiger partial charge is 0.477 e. The van der Waals surface area contributed by atoms with Crippen LogP contribution in [-0.4, -0.2) is 70.8 Å². The second kappa shape index (κ2) is 12.4. The molecule has 0 radical (unpaired) electrons. The molecule has 15 nitrogen and oxygen atoms in total. The van der Waals surface area contributed by atoms with Crippen LogP contribution in [0.4, 0.5) is 23.8 Å². The van der Waals surface area contributed by atoms with Gasteiger partial charge in [-0.25, -0.2) is 27.7 Å². The van der Waals surface area contributed by atoms with E-state index in [4.69, 9.17) is 4.74 Å². The molecule has 3 atom stereocenters. The van der Waals surface area contributed by atoms with Gasteiger partial charge in [-0.15, -0.1) is 0 Å². The Morgan fingerprint density at radius 3 is 2.16 bits per heavy atom. The average molecular weight is 724 g/mol. The summed E-state index contributed by atoms with van der Waals surface area (Å²) in [5.74, 6) is -5.06. The topological polar surface area (TPSA) is 229 Å². The molecule has 0 bridgehead atoms. The number of aromatic nitrogens is 2. The Kier molecular flexibility index (Phi) is 8.67. The number of carbonyl (C=O) groups excluding carboxylic acids is 1. The van der Waals surface area contributed by atoms with E-state index in [0.29, 0.717) is 6.07 Å². The molecule has 20 heteroatoms. The number of pyridine rings is 2. The summed E-state index contributed by atoms with van der Waals surface area (Å²) in [5.41, 5.74) is -2.24. The minimum absolute atomic E-state index is 0.0368. The number of anilines is 1. The summed E-state index contributed by atoms with van der Waals surface area (Å²) in [6, 6.07) is 8.12. The van der Waals surface area contributed by atoms with Crippen LogP contribution in [-0.2, 0) is 15.6 Å². The lowest BCUT2D eigenvalue weighted by molar-refractivity contribution is 0.0694. The van der Waals surface area contributed by atoms with Gasteiger partial charge < -0.3 is 39.6 Å². The lowest BCUT2D eigenvalue weighted by Gasteiger charge is -2.23. The number of amides is 1. The number of rotatable bonds is 9. The predicted octanol–water partition coefficient (Wildman–Crippen LogP) is 2.95. The molecular weight excluding hydrogens is 699 g/mol. The van der Waals surface area contributed by atoms with E-state index < -0.39 is 72.9 Å². The summed E-state index contributed by atoms with van der Waals surface area (Å²) in [6.07, 6.45) is -0.628. The predicted molar refractivity (Wildman–Crippen MR) is 164 cm³/mol. The monoisotopic (exact) mass is 724 g/mol. The van der Waals surface area contributed by atoms with Crippen LogP contribution in [0.1, 0.15) is 15.9 Å². The van der Waals surface area contributed by atoms with Gasteiger partial charge in [0.1, 0.15) is 22.9 Å². The van der Waals surface area contributed by atoms with E-state index in [1.165, 1.54) is 24.3 Å². The number of carboxylic acids is 1. The third-order valence-electron chi connectivity index (χ3n) is 8.42. The standard InChI is InChI=1S/C29H25F3N4O11P2/c30-14-3-6-22(20(31)8-14)36-12-19(28(38)39)25(37)16-9-21(32)27(34-26(16)36)35-10-17-18(11-35)24(17)33-29(40)47-15-4-1-13(2-5-15)7-23(48(41,42)43)49(44,45)46/h1-6,8-9,12,17-18,23-24H,7,10-11H2,(H,33,40)(H,38,39)(H2,41,42,43)(H2,44,45,46)/t17-,18+,24+. The summed E-state index contributed by atoms with van der Waals surface area (Å²) in [5, 5.41) is 9.55. The van der Waals surface area contributed by atoms with Crippen molar-refractivity contribution in [3.63, 3.8) is 0 Å². The molecule has 1 aliphatic carbocycles. The molecular formula is C29H25F3N4O11P2. The zero-order chi connectivity index (χ0) is 35.6. The van der Waals surface area contributed by atoms with Crippen molar-refractivity contribution in [3.05, 3.63) is 93.5 Å². The number of nitrogens with one attached hydrogen (secondary N) is 1. The van der Waals surface area contributed by atoms with E-state index in [2.05, 4.69) is 10.3 Å². The lowest BCUT2D eigenvalue weighted by Crippen LogP contribution is -2.36. The van der Waals surface area contributed by atoms with E-state index in [0.717, 1.165) is 29.0 Å². The number of nitrogens with zero attached hydrogens (tertiary/aromatic N) is 3. The fraction of sp³-hybridized carbons (Fsp3) is 0.241. The number of carboxylic acid groups (broad SMARTS) is 1. The number of hydrogen-bond acceptors (Lipinski definition) is 8. The van der Waals surface area contributed by atoms with Gasteiger partial charge in [-0.3, -0.25) is 18.5 Å². The van der Waals surface area contributed by atoms with Crippen LogP contribution in [0.3, 0.4) is 0 Å². The van der Waals surface area contributed by atoms with Crippen molar-refractivity contribution in [1.82, 2.24) is 14.9 Å². The van der Waals surface area contributed by atoms with Gasteiger partial charge in [-0.05, 0) is 42.3 Å². The smallest absolute Gasteiger partial charge is 0.412 e. The van der Waals surface area contributed by atoms with Gasteiger partial charge in [0, 0.05) is 43.2 Å². The lowest BCUT2D eigenvalue weighted by atomic mass is 10.1. The average Bonchev–Trinajstić information content (AvgIpc) is 3.41. The number of fused-ring (bicyclic) bond motifs is 2. The number of aromatic carboxylic acids is 1. The highest BCUT2D eigenvalue weighted by Crippen LogP contribution is 2.61. The zero-order valence-corrected chi connectivity index (χ0v) is 26.5. The summed E-state index contributed by atoms with van der Waals surface area (Å²) < 4.78 is 73.0. The third-order valence-corrected chi connectivity index (χ3v) is 12.1. The molecule has 258 valence electrons. The molecule has 0 spiro atoms. The number of piperidine rings is 1. The van der Waals surface area contributed by atoms with Crippen molar-refractivity contribution in [2.45, 2.75) is 17.9 Å². The van der Waals surface area contributed by atoms with Crippen LogP contribution in [0, 0.1) is 29.3 Å². The minimum Gasteiger partial charge on any atom is -0.477 e. The van der Waals surface area contributed by atoms with Crippen molar-refractivity contribution in [2.24, 2.45) is 11.8 Å². The Labute approximate surface area is 272 Å². The Bertz CT molecular complexity index is 2140. The van der Waals surface area contributed by atoms with Crippen LogP contribution >= 0.6 is 15.2 Å². The molecule has 2 fully saturated rings. The summed E-state index contributed by atoms with van der Waals surface area (Å²) in [7, 11) is -10.2. The third kappa shape index (κ3) is 6.84. The van der Waals surface area contributed by atoms with Gasteiger partial charge in [0.2, 0.25) is 5.43 Å². The first kappa shape index (κ1) is 34.3. The molecule has 1 amide bonds. The highest BCUT2D eigenvalue weighted by atomic mass is 31.2. The summed E-state index contributed by atoms with van der Waals surface area (Å²) in [4.78, 5) is 80.2. The quantitative estimate of drug-likeness (QED) is 0.137. The molecule has 1 saturated heterocycles. The van der Waals surface area contributed by atoms with Gasteiger partial charge in [0.15, 0.2) is 22.7 Å². The van der Waals surface area contributed by atoms with E-state index >= 15 is 4.39 Å². The van der Waals surface area contributed by atoms with E-state index in [-0.39, 0.29) is 59.4 Å². The number of ether oxygens (including phenoxy) is 1. The second-order valence-electron chi connectivity index (χ2n) is 11.6. The number of carbonyl (C=O) groups is 2. The van der Waals surface area contributed by atoms with Crippen molar-refractivity contribution < 1.29 is 61.3 Å². The molecule has 2 aliphatic rings. The van der Waals surface area contributed by atoms with Crippen LogP contribution in [0.25, 0.3) is 16.7 Å². The maximum atomic E-state index is 15.4. The maximum absolute atomic E-state index is 15.4. The van der Waals surface area contributed by atoms with Crippen LogP contribution in [0.5, 0.6) is 5.75 Å². The Morgan fingerprint density at radius 2 is 1.59 bits per heavy atom. The van der Waals surface area contributed by atoms with Gasteiger partial charge in [-0.1, -0.05) is 12.1 Å². The van der Waals surface area contributed by atoms with Crippen molar-refractivity contribution in [2.75, 3.05) is 18.0 Å². The highest BCUT2D eigenvalue weighted by Gasteiger charge is 2.57. The number of halogens is 3. The molecule has 1 saturated carbocycles. The first-order valence-electron chi connectivity index (χ1n) is 14.3. The fourth-order valence-corrected chi connectivity index (χ4v) is 8.44. The van der Waals surface area contributed by atoms with Crippen LogP contribution in [0.2, 0.25) is 0 Å². The Hall–Kier alpha value is -4.57. The first-order chi connectivity index (χ1) is 22.9. The van der Waals surface area contributed by atoms with Crippen LogP contribution in [0.15, 0.2) is 59.5 Å². The van der Waals surface area contributed by atoms with Gasteiger partial charge in [-0.2, -0.15) is 0 Å². The zero-order valence-electron chi connectivity index (χ0n) is 24.7. The van der Waals surface area contributed by atoms with Crippen molar-refractivity contribution in [1.29, 1.82) is 0 Å². The van der Waals surface area contributed by atoms with Crippen LogP contribution < -0.4 is 20.4 Å².